The zero-order valence-corrected chi connectivity index (χ0v) is 14.2. The van der Waals surface area contributed by atoms with Crippen LogP contribution >= 0.6 is 0 Å². The summed E-state index contributed by atoms with van der Waals surface area (Å²) >= 11 is 0. The van der Waals surface area contributed by atoms with E-state index in [9.17, 15) is 4.39 Å². The molecule has 0 aromatic carbocycles. The van der Waals surface area contributed by atoms with Crippen molar-refractivity contribution in [2.45, 2.75) is 59.3 Å². The van der Waals surface area contributed by atoms with E-state index in [2.05, 4.69) is 35.9 Å². The van der Waals surface area contributed by atoms with Crippen molar-refractivity contribution in [2.75, 3.05) is 0 Å². The topological polar surface area (TPSA) is 25.8 Å². The SMILES string of the molecule is Cc1cc(C(C)C)cc(CCc2cnc(F)c(C(C)C)c2)n1. The molecule has 0 fully saturated rings. The van der Waals surface area contributed by atoms with Crippen LogP contribution in [0.4, 0.5) is 4.39 Å². The first-order valence-electron chi connectivity index (χ1n) is 7.98. The van der Waals surface area contributed by atoms with Crippen molar-refractivity contribution < 1.29 is 4.39 Å². The third kappa shape index (κ3) is 4.12. The molecule has 0 saturated heterocycles. The molecular weight excluding hydrogens is 275 g/mol. The lowest BCUT2D eigenvalue weighted by molar-refractivity contribution is 0.554. The zero-order chi connectivity index (χ0) is 16.3. The fourth-order valence-corrected chi connectivity index (χ4v) is 2.55. The summed E-state index contributed by atoms with van der Waals surface area (Å²) in [6.07, 6.45) is 3.33. The maximum absolute atomic E-state index is 13.7. The van der Waals surface area contributed by atoms with Crippen molar-refractivity contribution in [3.8, 4) is 0 Å². The number of hydrogen-bond acceptors (Lipinski definition) is 2. The van der Waals surface area contributed by atoms with Gasteiger partial charge in [-0.25, -0.2) is 4.98 Å². The van der Waals surface area contributed by atoms with Crippen LogP contribution in [0, 0.1) is 12.9 Å². The monoisotopic (exact) mass is 300 g/mol. The van der Waals surface area contributed by atoms with Gasteiger partial charge in [0.2, 0.25) is 5.95 Å². The average Bonchev–Trinajstić information content (AvgIpc) is 2.45. The molecule has 0 amide bonds. The van der Waals surface area contributed by atoms with E-state index in [4.69, 9.17) is 0 Å². The molecule has 0 aliphatic rings. The van der Waals surface area contributed by atoms with Gasteiger partial charge in [-0.2, -0.15) is 4.39 Å². The van der Waals surface area contributed by atoms with Crippen LogP contribution in [-0.2, 0) is 12.8 Å². The summed E-state index contributed by atoms with van der Waals surface area (Å²) in [5, 5.41) is 0. The summed E-state index contributed by atoms with van der Waals surface area (Å²) < 4.78 is 13.7. The first kappa shape index (κ1) is 16.6. The number of pyridine rings is 2. The van der Waals surface area contributed by atoms with E-state index >= 15 is 0 Å². The smallest absolute Gasteiger partial charge is 0.216 e. The molecule has 0 atom stereocenters. The van der Waals surface area contributed by atoms with Crippen LogP contribution in [0.1, 0.15) is 67.6 Å². The van der Waals surface area contributed by atoms with E-state index in [0.717, 1.165) is 29.8 Å². The van der Waals surface area contributed by atoms with Crippen molar-refractivity contribution in [2.24, 2.45) is 0 Å². The van der Waals surface area contributed by atoms with Gasteiger partial charge in [0.25, 0.3) is 0 Å². The number of rotatable bonds is 5. The largest absolute Gasteiger partial charge is 0.258 e. The minimum absolute atomic E-state index is 0.150. The van der Waals surface area contributed by atoms with E-state index in [-0.39, 0.29) is 11.9 Å². The maximum Gasteiger partial charge on any atom is 0.216 e. The Morgan fingerprint density at radius 3 is 2.36 bits per heavy atom. The Morgan fingerprint density at radius 2 is 1.73 bits per heavy atom. The quantitative estimate of drug-likeness (QED) is 0.730. The number of nitrogens with zero attached hydrogens (tertiary/aromatic N) is 2. The van der Waals surface area contributed by atoms with Gasteiger partial charge in [0, 0.05) is 23.1 Å². The molecular formula is C19H25FN2. The first-order valence-corrected chi connectivity index (χ1v) is 7.98. The average molecular weight is 300 g/mol. The molecule has 0 bridgehead atoms. The fraction of sp³-hybridized carbons (Fsp3) is 0.474. The number of aromatic nitrogens is 2. The molecule has 0 aliphatic carbocycles. The summed E-state index contributed by atoms with van der Waals surface area (Å²) in [5.74, 6) is 0.298. The molecule has 2 heterocycles. The second kappa shape index (κ2) is 6.99. The fourth-order valence-electron chi connectivity index (χ4n) is 2.55. The van der Waals surface area contributed by atoms with E-state index < -0.39 is 0 Å². The van der Waals surface area contributed by atoms with Crippen LogP contribution in [0.15, 0.2) is 24.4 Å². The van der Waals surface area contributed by atoms with Gasteiger partial charge in [-0.3, -0.25) is 4.98 Å². The third-order valence-electron chi connectivity index (χ3n) is 3.91. The molecule has 22 heavy (non-hydrogen) atoms. The molecule has 2 nitrogen and oxygen atoms in total. The van der Waals surface area contributed by atoms with Gasteiger partial charge in [0.05, 0.1) is 0 Å². The summed E-state index contributed by atoms with van der Waals surface area (Å²) in [4.78, 5) is 8.50. The predicted octanol–water partition coefficient (Wildman–Crippen LogP) is 4.96. The minimum atomic E-state index is -0.352. The third-order valence-corrected chi connectivity index (χ3v) is 3.91. The molecule has 0 spiro atoms. The van der Waals surface area contributed by atoms with Crippen LogP contribution in [0.3, 0.4) is 0 Å². The lowest BCUT2D eigenvalue weighted by Crippen LogP contribution is -2.02. The molecule has 2 aromatic heterocycles. The van der Waals surface area contributed by atoms with Gasteiger partial charge in [-0.05, 0) is 60.9 Å². The van der Waals surface area contributed by atoms with Gasteiger partial charge in [0.15, 0.2) is 0 Å². The summed E-state index contributed by atoms with van der Waals surface area (Å²) in [6, 6.07) is 6.26. The highest BCUT2D eigenvalue weighted by molar-refractivity contribution is 5.26. The first-order chi connectivity index (χ1) is 10.4. The lowest BCUT2D eigenvalue weighted by atomic mass is 9.99. The molecule has 2 aromatic rings. The van der Waals surface area contributed by atoms with Gasteiger partial charge in [0.1, 0.15) is 0 Å². The lowest BCUT2D eigenvalue weighted by Gasteiger charge is -2.11. The zero-order valence-electron chi connectivity index (χ0n) is 14.2. The molecule has 118 valence electrons. The van der Waals surface area contributed by atoms with Gasteiger partial charge >= 0.3 is 0 Å². The Kier molecular flexibility index (Phi) is 5.28. The second-order valence-corrected chi connectivity index (χ2v) is 6.57. The molecule has 0 aliphatic heterocycles. The molecule has 3 heteroatoms. The molecule has 2 rings (SSSR count). The normalized spacial score (nSPS) is 11.5. The molecule has 0 N–H and O–H groups in total. The van der Waals surface area contributed by atoms with Crippen LogP contribution in [-0.4, -0.2) is 9.97 Å². The Labute approximate surface area is 132 Å². The maximum atomic E-state index is 13.7. The Hall–Kier alpha value is -1.77. The number of halogens is 1. The van der Waals surface area contributed by atoms with Crippen molar-refractivity contribution >= 4 is 0 Å². The highest BCUT2D eigenvalue weighted by Crippen LogP contribution is 2.20. The molecule has 0 radical (unpaired) electrons. The Bertz CT molecular complexity index is 648. The van der Waals surface area contributed by atoms with Gasteiger partial charge in [-0.15, -0.1) is 0 Å². The standard InChI is InChI=1S/C19H25FN2/c1-12(2)16-8-14(5)22-17(10-16)7-6-15-9-18(13(3)4)19(20)21-11-15/h8-13H,6-7H2,1-5H3. The van der Waals surface area contributed by atoms with Crippen molar-refractivity contribution in [3.05, 3.63) is 58.4 Å². The van der Waals surface area contributed by atoms with Crippen molar-refractivity contribution in [3.63, 3.8) is 0 Å². The molecule has 0 saturated carbocycles. The van der Waals surface area contributed by atoms with E-state index in [1.54, 1.807) is 6.20 Å². The predicted molar refractivity (Wildman–Crippen MR) is 88.8 cm³/mol. The van der Waals surface area contributed by atoms with Crippen LogP contribution in [0.2, 0.25) is 0 Å². The Balaban J connectivity index is 2.15. The number of aryl methyl sites for hydroxylation is 3. The number of hydrogen-bond donors (Lipinski definition) is 0. The Morgan fingerprint density at radius 1 is 1.00 bits per heavy atom. The van der Waals surface area contributed by atoms with Crippen LogP contribution in [0.5, 0.6) is 0 Å². The molecule has 0 unspecified atom stereocenters. The second-order valence-electron chi connectivity index (χ2n) is 6.57. The summed E-state index contributed by atoms with van der Waals surface area (Å²) in [7, 11) is 0. The van der Waals surface area contributed by atoms with Crippen LogP contribution in [0.25, 0.3) is 0 Å². The minimum Gasteiger partial charge on any atom is -0.258 e. The van der Waals surface area contributed by atoms with Gasteiger partial charge in [-0.1, -0.05) is 27.7 Å². The van der Waals surface area contributed by atoms with E-state index in [1.807, 2.05) is 26.8 Å². The van der Waals surface area contributed by atoms with Gasteiger partial charge < -0.3 is 0 Å². The summed E-state index contributed by atoms with van der Waals surface area (Å²) in [5.41, 5.74) is 5.24. The summed E-state index contributed by atoms with van der Waals surface area (Å²) in [6.45, 7) is 10.4. The van der Waals surface area contributed by atoms with E-state index in [1.165, 1.54) is 5.56 Å². The highest BCUT2D eigenvalue weighted by Gasteiger charge is 2.10. The van der Waals surface area contributed by atoms with E-state index in [0.29, 0.717) is 11.5 Å². The van der Waals surface area contributed by atoms with Crippen molar-refractivity contribution in [1.29, 1.82) is 0 Å². The van der Waals surface area contributed by atoms with Crippen LogP contribution < -0.4 is 0 Å². The van der Waals surface area contributed by atoms with Crippen molar-refractivity contribution in [1.82, 2.24) is 9.97 Å². The highest BCUT2D eigenvalue weighted by atomic mass is 19.1.